The van der Waals surface area contributed by atoms with Gasteiger partial charge in [-0.05, 0) is 18.8 Å². The van der Waals surface area contributed by atoms with E-state index < -0.39 is 0 Å². The van der Waals surface area contributed by atoms with Gasteiger partial charge in [0.2, 0.25) is 0 Å². The van der Waals surface area contributed by atoms with E-state index in [0.29, 0.717) is 23.8 Å². The van der Waals surface area contributed by atoms with Gasteiger partial charge >= 0.3 is 0 Å². The van der Waals surface area contributed by atoms with Gasteiger partial charge in [0.15, 0.2) is 0 Å². The van der Waals surface area contributed by atoms with Gasteiger partial charge < -0.3 is 15.8 Å². The van der Waals surface area contributed by atoms with Crippen LogP contribution in [0.5, 0.6) is 0 Å². The predicted octanol–water partition coefficient (Wildman–Crippen LogP) is 0.159. The molecule has 2 heterocycles. The fourth-order valence-electron chi connectivity index (χ4n) is 1.92. The molecule has 2 rings (SSSR count). The highest BCUT2D eigenvalue weighted by Crippen LogP contribution is 2.15. The van der Waals surface area contributed by atoms with Gasteiger partial charge in [0.05, 0.1) is 6.20 Å². The van der Waals surface area contributed by atoms with E-state index in [9.17, 15) is 4.79 Å². The number of rotatable bonds is 4. The van der Waals surface area contributed by atoms with Crippen molar-refractivity contribution >= 4 is 11.7 Å². The smallest absolute Gasteiger partial charge is 0.256 e. The largest absolute Gasteiger partial charge is 0.383 e. The molecule has 0 saturated carbocycles. The van der Waals surface area contributed by atoms with Crippen molar-refractivity contribution in [3.63, 3.8) is 0 Å². The number of hydrogen-bond acceptors (Lipinski definition) is 4. The van der Waals surface area contributed by atoms with Crippen LogP contribution in [0, 0.1) is 5.92 Å². The Morgan fingerprint density at radius 1 is 1.76 bits per heavy atom. The van der Waals surface area contributed by atoms with E-state index in [1.165, 1.54) is 10.9 Å². The topological polar surface area (TPSA) is 82.2 Å². The van der Waals surface area contributed by atoms with E-state index in [2.05, 4.69) is 10.4 Å². The normalized spacial score (nSPS) is 19.5. The summed E-state index contributed by atoms with van der Waals surface area (Å²) in [7, 11) is 1.71. The minimum Gasteiger partial charge on any atom is -0.383 e. The molecule has 1 aromatic heterocycles. The average Bonchev–Trinajstić information content (AvgIpc) is 2.91. The van der Waals surface area contributed by atoms with Crippen molar-refractivity contribution in [3.05, 3.63) is 11.8 Å². The van der Waals surface area contributed by atoms with E-state index in [4.69, 9.17) is 10.5 Å². The van der Waals surface area contributed by atoms with Gasteiger partial charge in [0, 0.05) is 26.8 Å². The van der Waals surface area contributed by atoms with Gasteiger partial charge in [-0.15, -0.1) is 0 Å². The fourth-order valence-corrected chi connectivity index (χ4v) is 1.92. The molecule has 1 amide bonds. The Morgan fingerprint density at radius 3 is 3.18 bits per heavy atom. The molecule has 1 aliphatic heterocycles. The summed E-state index contributed by atoms with van der Waals surface area (Å²) in [6.45, 7) is 2.31. The Labute approximate surface area is 100 Å². The zero-order valence-corrected chi connectivity index (χ0v) is 9.98. The van der Waals surface area contributed by atoms with Crippen molar-refractivity contribution in [2.45, 2.75) is 12.8 Å². The quantitative estimate of drug-likeness (QED) is 0.782. The summed E-state index contributed by atoms with van der Waals surface area (Å²) in [6, 6.07) is 0. The number of hydrogen-bond donors (Lipinski definition) is 2. The van der Waals surface area contributed by atoms with Crippen molar-refractivity contribution in [1.29, 1.82) is 0 Å². The number of nitrogen functional groups attached to an aromatic ring is 1. The lowest BCUT2D eigenvalue weighted by Crippen LogP contribution is -2.26. The lowest BCUT2D eigenvalue weighted by Gasteiger charge is -2.08. The molecule has 6 heteroatoms. The minimum absolute atomic E-state index is 0.158. The lowest BCUT2D eigenvalue weighted by molar-refractivity contribution is 0.0951. The molecule has 1 aromatic rings. The van der Waals surface area contributed by atoms with E-state index in [1.807, 2.05) is 0 Å². The number of carbonyl (C=O) groups is 1. The van der Waals surface area contributed by atoms with Crippen molar-refractivity contribution in [1.82, 2.24) is 15.1 Å². The minimum atomic E-state index is -0.158. The summed E-state index contributed by atoms with van der Waals surface area (Å²) >= 11 is 0. The van der Waals surface area contributed by atoms with E-state index in [-0.39, 0.29) is 5.91 Å². The number of nitrogens with one attached hydrogen (secondary N) is 1. The number of aromatic nitrogens is 2. The number of aryl methyl sites for hydroxylation is 1. The zero-order chi connectivity index (χ0) is 12.3. The van der Waals surface area contributed by atoms with Crippen LogP contribution in [0.25, 0.3) is 0 Å². The maximum atomic E-state index is 11.8. The first-order valence-corrected chi connectivity index (χ1v) is 5.82. The molecule has 1 unspecified atom stereocenters. The Bertz CT molecular complexity index is 396. The molecule has 3 N–H and O–H groups in total. The molecule has 1 fully saturated rings. The van der Waals surface area contributed by atoms with Crippen molar-refractivity contribution in [3.8, 4) is 0 Å². The molecule has 0 radical (unpaired) electrons. The SMILES string of the molecule is Cn1ncc(C(=O)NCCC2CCOC2)c1N. The van der Waals surface area contributed by atoms with Crippen LogP contribution >= 0.6 is 0 Å². The number of anilines is 1. The van der Waals surface area contributed by atoms with E-state index >= 15 is 0 Å². The van der Waals surface area contributed by atoms with Gasteiger partial charge in [-0.3, -0.25) is 9.48 Å². The number of ether oxygens (including phenoxy) is 1. The highest BCUT2D eigenvalue weighted by atomic mass is 16.5. The van der Waals surface area contributed by atoms with Crippen LogP contribution in [0.1, 0.15) is 23.2 Å². The van der Waals surface area contributed by atoms with Gasteiger partial charge in [0.25, 0.3) is 5.91 Å². The first-order chi connectivity index (χ1) is 8.18. The summed E-state index contributed by atoms with van der Waals surface area (Å²) < 4.78 is 6.76. The highest BCUT2D eigenvalue weighted by Gasteiger charge is 2.17. The summed E-state index contributed by atoms with van der Waals surface area (Å²) in [5.74, 6) is 0.808. The van der Waals surface area contributed by atoms with Crippen LogP contribution < -0.4 is 11.1 Å². The predicted molar refractivity (Wildman–Crippen MR) is 63.5 cm³/mol. The molecule has 17 heavy (non-hydrogen) atoms. The van der Waals surface area contributed by atoms with Crippen LogP contribution in [-0.2, 0) is 11.8 Å². The summed E-state index contributed by atoms with van der Waals surface area (Å²) in [6.07, 6.45) is 3.53. The second-order valence-corrected chi connectivity index (χ2v) is 4.34. The molecule has 1 atom stereocenters. The third-order valence-electron chi connectivity index (χ3n) is 3.09. The Morgan fingerprint density at radius 2 is 2.59 bits per heavy atom. The van der Waals surface area contributed by atoms with Crippen LogP contribution in [-0.4, -0.2) is 35.4 Å². The molecule has 0 aliphatic carbocycles. The van der Waals surface area contributed by atoms with Gasteiger partial charge in [0.1, 0.15) is 11.4 Å². The summed E-state index contributed by atoms with van der Waals surface area (Å²) in [5, 5.41) is 6.79. The molecular formula is C11H18N4O2. The molecule has 1 saturated heterocycles. The number of nitrogens with zero attached hydrogens (tertiary/aromatic N) is 2. The van der Waals surface area contributed by atoms with Crippen molar-refractivity contribution in [2.24, 2.45) is 13.0 Å². The third kappa shape index (κ3) is 2.76. The zero-order valence-electron chi connectivity index (χ0n) is 9.98. The molecule has 0 bridgehead atoms. The molecule has 0 spiro atoms. The van der Waals surface area contributed by atoms with Crippen LogP contribution in [0.15, 0.2) is 6.20 Å². The molecule has 0 aromatic carbocycles. The summed E-state index contributed by atoms with van der Waals surface area (Å²) in [5.41, 5.74) is 6.16. The maximum Gasteiger partial charge on any atom is 0.256 e. The molecule has 94 valence electrons. The maximum absolute atomic E-state index is 11.8. The Kier molecular flexibility index (Phi) is 3.63. The van der Waals surface area contributed by atoms with E-state index in [0.717, 1.165) is 26.1 Å². The standard InChI is InChI=1S/C11H18N4O2/c1-15-10(12)9(6-14-15)11(16)13-4-2-8-3-5-17-7-8/h6,8H,2-5,7,12H2,1H3,(H,13,16). The van der Waals surface area contributed by atoms with Crippen molar-refractivity contribution in [2.75, 3.05) is 25.5 Å². The summed E-state index contributed by atoms with van der Waals surface area (Å²) in [4.78, 5) is 11.8. The van der Waals surface area contributed by atoms with Gasteiger partial charge in [-0.2, -0.15) is 5.10 Å². The average molecular weight is 238 g/mol. The second-order valence-electron chi connectivity index (χ2n) is 4.34. The van der Waals surface area contributed by atoms with Crippen LogP contribution in [0.4, 0.5) is 5.82 Å². The van der Waals surface area contributed by atoms with E-state index in [1.54, 1.807) is 7.05 Å². The van der Waals surface area contributed by atoms with Gasteiger partial charge in [-0.1, -0.05) is 0 Å². The van der Waals surface area contributed by atoms with Gasteiger partial charge in [-0.25, -0.2) is 0 Å². The van der Waals surface area contributed by atoms with Crippen molar-refractivity contribution < 1.29 is 9.53 Å². The van der Waals surface area contributed by atoms with Crippen LogP contribution in [0.2, 0.25) is 0 Å². The first kappa shape index (κ1) is 11.9. The number of nitrogens with two attached hydrogens (primary N) is 1. The molecular weight excluding hydrogens is 220 g/mol. The monoisotopic (exact) mass is 238 g/mol. The lowest BCUT2D eigenvalue weighted by atomic mass is 10.1. The second kappa shape index (κ2) is 5.18. The number of amides is 1. The molecule has 6 nitrogen and oxygen atoms in total. The molecule has 1 aliphatic rings. The fraction of sp³-hybridized carbons (Fsp3) is 0.636. The third-order valence-corrected chi connectivity index (χ3v) is 3.09. The Hall–Kier alpha value is -1.56. The first-order valence-electron chi connectivity index (χ1n) is 5.82. The highest BCUT2D eigenvalue weighted by molar-refractivity contribution is 5.98. The Balaban J connectivity index is 1.79. The number of carbonyl (C=O) groups excluding carboxylic acids is 1. The van der Waals surface area contributed by atoms with Crippen LogP contribution in [0.3, 0.4) is 0 Å².